The minimum absolute atomic E-state index is 0.134. The summed E-state index contributed by atoms with van der Waals surface area (Å²) in [6, 6.07) is 22.8. The van der Waals surface area contributed by atoms with Crippen LogP contribution in [0.2, 0.25) is 10.0 Å². The molecule has 0 amide bonds. The Morgan fingerprint density at radius 2 is 1.75 bits per heavy atom. The minimum atomic E-state index is -3.64. The van der Waals surface area contributed by atoms with Crippen molar-refractivity contribution in [1.29, 1.82) is 0 Å². The SMILES string of the molecule is CC#CCn1c(C2CCCN2S(=O)(=O)Cc2ccccc2Cl)c(-c2ccccc2)c2cc(Cl)ccc21. The van der Waals surface area contributed by atoms with Gasteiger partial charge in [0.25, 0.3) is 0 Å². The molecule has 5 rings (SSSR count). The van der Waals surface area contributed by atoms with Crippen LogP contribution in [0.5, 0.6) is 0 Å². The van der Waals surface area contributed by atoms with Gasteiger partial charge in [0.1, 0.15) is 0 Å². The van der Waals surface area contributed by atoms with Crippen LogP contribution < -0.4 is 0 Å². The first-order valence-corrected chi connectivity index (χ1v) is 14.3. The summed E-state index contributed by atoms with van der Waals surface area (Å²) in [6.07, 6.45) is 1.51. The third kappa shape index (κ3) is 4.67. The molecule has 184 valence electrons. The number of hydrogen-bond acceptors (Lipinski definition) is 2. The van der Waals surface area contributed by atoms with E-state index in [0.717, 1.165) is 40.6 Å². The fourth-order valence-corrected chi connectivity index (χ4v) is 7.44. The van der Waals surface area contributed by atoms with Gasteiger partial charge in [-0.2, -0.15) is 4.31 Å². The van der Waals surface area contributed by atoms with E-state index in [1.807, 2.05) is 55.5 Å². The average molecular weight is 538 g/mol. The maximum Gasteiger partial charge on any atom is 0.218 e. The van der Waals surface area contributed by atoms with Crippen LogP contribution in [0.25, 0.3) is 22.0 Å². The van der Waals surface area contributed by atoms with E-state index in [9.17, 15) is 8.42 Å². The molecule has 0 spiro atoms. The van der Waals surface area contributed by atoms with Crippen molar-refractivity contribution in [2.24, 2.45) is 0 Å². The molecule has 1 aliphatic rings. The van der Waals surface area contributed by atoms with E-state index in [0.29, 0.717) is 28.7 Å². The average Bonchev–Trinajstić information content (AvgIpc) is 3.47. The van der Waals surface area contributed by atoms with Gasteiger partial charge in [0.2, 0.25) is 10.0 Å². The van der Waals surface area contributed by atoms with Gasteiger partial charge in [-0.15, -0.1) is 5.92 Å². The first kappa shape index (κ1) is 24.9. The molecule has 0 N–H and O–H groups in total. The summed E-state index contributed by atoms with van der Waals surface area (Å²) in [6.45, 7) is 2.75. The number of aromatic nitrogens is 1. The molecule has 2 heterocycles. The zero-order valence-electron chi connectivity index (χ0n) is 19.9. The molecule has 4 nitrogen and oxygen atoms in total. The van der Waals surface area contributed by atoms with E-state index in [-0.39, 0.29) is 11.8 Å². The smallest absolute Gasteiger partial charge is 0.218 e. The lowest BCUT2D eigenvalue weighted by Crippen LogP contribution is -2.33. The predicted octanol–water partition coefficient (Wildman–Crippen LogP) is 7.31. The molecule has 1 aliphatic heterocycles. The summed E-state index contributed by atoms with van der Waals surface area (Å²) in [5, 5.41) is 2.10. The Morgan fingerprint density at radius 1 is 1.00 bits per heavy atom. The molecule has 3 aromatic carbocycles. The molecule has 7 heteroatoms. The van der Waals surface area contributed by atoms with Gasteiger partial charge in [-0.1, -0.05) is 77.7 Å². The summed E-state index contributed by atoms with van der Waals surface area (Å²) in [5.41, 5.74) is 4.60. The van der Waals surface area contributed by atoms with E-state index in [1.165, 1.54) is 0 Å². The molecule has 0 saturated carbocycles. The maximum absolute atomic E-state index is 13.8. The lowest BCUT2D eigenvalue weighted by Gasteiger charge is -2.27. The van der Waals surface area contributed by atoms with Crippen LogP contribution in [0.4, 0.5) is 0 Å². The molecule has 36 heavy (non-hydrogen) atoms. The third-order valence-electron chi connectivity index (χ3n) is 6.71. The van der Waals surface area contributed by atoms with Crippen molar-refractivity contribution in [3.8, 4) is 23.0 Å². The van der Waals surface area contributed by atoms with Crippen molar-refractivity contribution in [3.63, 3.8) is 0 Å². The first-order chi connectivity index (χ1) is 17.4. The topological polar surface area (TPSA) is 42.3 Å². The van der Waals surface area contributed by atoms with Gasteiger partial charge >= 0.3 is 0 Å². The summed E-state index contributed by atoms with van der Waals surface area (Å²) in [5.74, 6) is 6.06. The van der Waals surface area contributed by atoms with Gasteiger partial charge in [0.15, 0.2) is 0 Å². The highest BCUT2D eigenvalue weighted by Gasteiger charge is 2.39. The Labute approximate surface area is 222 Å². The number of hydrogen-bond donors (Lipinski definition) is 0. The summed E-state index contributed by atoms with van der Waals surface area (Å²) < 4.78 is 31.4. The molecule has 1 atom stereocenters. The van der Waals surface area contributed by atoms with Crippen molar-refractivity contribution in [3.05, 3.63) is 94.1 Å². The molecule has 1 fully saturated rings. The second-order valence-corrected chi connectivity index (χ2v) is 11.7. The Morgan fingerprint density at radius 3 is 2.50 bits per heavy atom. The van der Waals surface area contributed by atoms with Crippen LogP contribution in [-0.4, -0.2) is 23.8 Å². The van der Waals surface area contributed by atoms with E-state index < -0.39 is 10.0 Å². The molecule has 0 bridgehead atoms. The number of nitrogens with zero attached hydrogens (tertiary/aromatic N) is 2. The van der Waals surface area contributed by atoms with E-state index in [1.54, 1.807) is 16.4 Å². The largest absolute Gasteiger partial charge is 0.331 e. The van der Waals surface area contributed by atoms with Crippen molar-refractivity contribution >= 4 is 44.1 Å². The van der Waals surface area contributed by atoms with E-state index in [2.05, 4.69) is 28.5 Å². The van der Waals surface area contributed by atoms with Crippen molar-refractivity contribution in [2.45, 2.75) is 38.1 Å². The normalized spacial score (nSPS) is 16.2. The second-order valence-electron chi connectivity index (χ2n) is 8.92. The molecule has 0 radical (unpaired) electrons. The molecular formula is C29H26Cl2N2O2S. The van der Waals surface area contributed by atoms with Gasteiger partial charge < -0.3 is 4.57 Å². The quantitative estimate of drug-likeness (QED) is 0.242. The van der Waals surface area contributed by atoms with Gasteiger partial charge in [-0.25, -0.2) is 8.42 Å². The monoisotopic (exact) mass is 536 g/mol. The molecule has 1 saturated heterocycles. The van der Waals surface area contributed by atoms with Crippen LogP contribution >= 0.6 is 23.2 Å². The summed E-state index contributed by atoms with van der Waals surface area (Å²) in [7, 11) is -3.64. The highest BCUT2D eigenvalue weighted by Crippen LogP contribution is 2.45. The minimum Gasteiger partial charge on any atom is -0.331 e. The van der Waals surface area contributed by atoms with Gasteiger partial charge in [0.05, 0.1) is 18.3 Å². The van der Waals surface area contributed by atoms with Gasteiger partial charge in [-0.05, 0) is 55.2 Å². The Kier molecular flexibility index (Phi) is 7.14. The van der Waals surface area contributed by atoms with Crippen LogP contribution in [0.15, 0.2) is 72.8 Å². The van der Waals surface area contributed by atoms with Gasteiger partial charge in [-0.3, -0.25) is 0 Å². The maximum atomic E-state index is 13.8. The summed E-state index contributed by atoms with van der Waals surface area (Å²) >= 11 is 12.8. The van der Waals surface area contributed by atoms with Crippen molar-refractivity contribution in [2.75, 3.05) is 6.54 Å². The molecule has 1 aromatic heterocycles. The Balaban J connectivity index is 1.71. The predicted molar refractivity (Wildman–Crippen MR) is 149 cm³/mol. The fraction of sp³-hybridized carbons (Fsp3) is 0.241. The lowest BCUT2D eigenvalue weighted by molar-refractivity contribution is 0.384. The van der Waals surface area contributed by atoms with Crippen molar-refractivity contribution in [1.82, 2.24) is 8.87 Å². The number of fused-ring (bicyclic) bond motifs is 1. The highest BCUT2D eigenvalue weighted by molar-refractivity contribution is 7.88. The summed E-state index contributed by atoms with van der Waals surface area (Å²) in [4.78, 5) is 0. The van der Waals surface area contributed by atoms with E-state index >= 15 is 0 Å². The Hall–Kier alpha value is -2.75. The number of sulfonamides is 1. The number of benzene rings is 3. The van der Waals surface area contributed by atoms with Crippen molar-refractivity contribution < 1.29 is 8.42 Å². The molecule has 1 unspecified atom stereocenters. The van der Waals surface area contributed by atoms with Gasteiger partial charge in [0, 0.05) is 38.8 Å². The molecule has 4 aromatic rings. The van der Waals surface area contributed by atoms with Crippen LogP contribution in [0, 0.1) is 11.8 Å². The second kappa shape index (κ2) is 10.3. The molecular weight excluding hydrogens is 511 g/mol. The lowest BCUT2D eigenvalue weighted by atomic mass is 9.98. The zero-order valence-corrected chi connectivity index (χ0v) is 22.2. The Bertz CT molecular complexity index is 1580. The fourth-order valence-electron chi connectivity index (χ4n) is 5.17. The first-order valence-electron chi connectivity index (χ1n) is 11.9. The van der Waals surface area contributed by atoms with Crippen LogP contribution in [0.3, 0.4) is 0 Å². The van der Waals surface area contributed by atoms with E-state index in [4.69, 9.17) is 23.2 Å². The molecule has 0 aliphatic carbocycles. The highest BCUT2D eigenvalue weighted by atomic mass is 35.5. The number of rotatable bonds is 6. The van der Waals surface area contributed by atoms with Crippen LogP contribution in [0.1, 0.15) is 37.1 Å². The number of halogens is 2. The zero-order chi connectivity index (χ0) is 25.3. The van der Waals surface area contributed by atoms with Crippen LogP contribution in [-0.2, 0) is 22.3 Å². The standard InChI is InChI=1S/C29H26Cl2N2O2S/c1-2-3-17-32-26-16-15-23(30)19-24(26)28(21-10-5-4-6-11-21)29(32)27-14-9-18-33(27)36(34,35)20-22-12-7-8-13-25(22)31/h4-8,10-13,15-16,19,27H,9,14,17-18,20H2,1H3. The third-order valence-corrected chi connectivity index (χ3v) is 9.15.